The third kappa shape index (κ3) is 4.43. The second kappa shape index (κ2) is 7.75. The minimum atomic E-state index is -3.65. The minimum Gasteiger partial charge on any atom is -0.339 e. The Labute approximate surface area is 146 Å². The van der Waals surface area contributed by atoms with E-state index in [2.05, 4.69) is 14.8 Å². The summed E-state index contributed by atoms with van der Waals surface area (Å²) in [7, 11) is -3.65. The Morgan fingerprint density at radius 1 is 1.24 bits per heavy atom. The molecule has 0 bridgehead atoms. The first-order valence-electron chi connectivity index (χ1n) is 8.28. The van der Waals surface area contributed by atoms with Crippen LogP contribution in [0.15, 0.2) is 41.8 Å². The number of carbonyl (C=O) groups excluding carboxylic acids is 1. The Balaban J connectivity index is 1.61. The van der Waals surface area contributed by atoms with Gasteiger partial charge in [-0.1, -0.05) is 6.07 Å². The summed E-state index contributed by atoms with van der Waals surface area (Å²) in [5, 5.41) is 3.96. The quantitative estimate of drug-likeness (QED) is 0.737. The van der Waals surface area contributed by atoms with Crippen molar-refractivity contribution in [3.63, 3.8) is 0 Å². The fourth-order valence-electron chi connectivity index (χ4n) is 2.78. The molecular formula is C16H21N5O3S. The molecule has 1 aliphatic rings. The van der Waals surface area contributed by atoms with Gasteiger partial charge in [0, 0.05) is 31.7 Å². The predicted octanol–water partition coefficient (Wildman–Crippen LogP) is 0.883. The molecule has 2 aromatic rings. The van der Waals surface area contributed by atoms with Crippen LogP contribution in [0.1, 0.15) is 29.6 Å². The maximum atomic E-state index is 12.4. The summed E-state index contributed by atoms with van der Waals surface area (Å²) in [5.41, 5.74) is 0.410. The number of hydrogen-bond acceptors (Lipinski definition) is 5. The first-order valence-corrected chi connectivity index (χ1v) is 9.76. The average molecular weight is 363 g/mol. The molecule has 0 spiro atoms. The van der Waals surface area contributed by atoms with Crippen molar-refractivity contribution in [2.45, 2.75) is 30.7 Å². The minimum absolute atomic E-state index is 0.110. The average Bonchev–Trinajstić information content (AvgIpc) is 3.32. The monoisotopic (exact) mass is 363 g/mol. The number of carbonyl (C=O) groups is 1. The number of nitrogens with zero attached hydrogens (tertiary/aromatic N) is 4. The Morgan fingerprint density at radius 2 is 2.04 bits per heavy atom. The number of hydrogen-bond donors (Lipinski definition) is 1. The molecule has 1 N–H and O–H groups in total. The van der Waals surface area contributed by atoms with E-state index < -0.39 is 10.0 Å². The summed E-state index contributed by atoms with van der Waals surface area (Å²) in [5.74, 6) is -0.110. The largest absolute Gasteiger partial charge is 0.339 e. The predicted molar refractivity (Wildman–Crippen MR) is 91.4 cm³/mol. The van der Waals surface area contributed by atoms with E-state index in [1.54, 1.807) is 28.0 Å². The summed E-state index contributed by atoms with van der Waals surface area (Å²) in [4.78, 5) is 18.1. The summed E-state index contributed by atoms with van der Waals surface area (Å²) in [6, 6.07) is 6.21. The zero-order valence-electron chi connectivity index (χ0n) is 13.8. The van der Waals surface area contributed by atoms with E-state index in [9.17, 15) is 13.2 Å². The molecule has 3 rings (SSSR count). The van der Waals surface area contributed by atoms with E-state index in [0.29, 0.717) is 18.5 Å². The fraction of sp³-hybridized carbons (Fsp3) is 0.438. The molecule has 0 atom stereocenters. The lowest BCUT2D eigenvalue weighted by molar-refractivity contribution is 0.0792. The zero-order valence-corrected chi connectivity index (χ0v) is 14.7. The highest BCUT2D eigenvalue weighted by molar-refractivity contribution is 7.89. The molecule has 2 heterocycles. The van der Waals surface area contributed by atoms with Crippen molar-refractivity contribution in [3.05, 3.63) is 42.5 Å². The molecule has 1 aromatic heterocycles. The van der Waals surface area contributed by atoms with Gasteiger partial charge in [-0.05, 0) is 37.5 Å². The number of amides is 1. The van der Waals surface area contributed by atoms with Gasteiger partial charge in [-0.15, -0.1) is 0 Å². The third-order valence-electron chi connectivity index (χ3n) is 4.11. The van der Waals surface area contributed by atoms with Crippen LogP contribution in [0, 0.1) is 0 Å². The molecule has 1 aromatic carbocycles. The number of likely N-dealkylation sites (tertiary alicyclic amines) is 1. The van der Waals surface area contributed by atoms with Crippen LogP contribution in [0.5, 0.6) is 0 Å². The van der Waals surface area contributed by atoms with E-state index >= 15 is 0 Å². The maximum Gasteiger partial charge on any atom is 0.253 e. The summed E-state index contributed by atoms with van der Waals surface area (Å²) >= 11 is 0. The molecular weight excluding hydrogens is 342 g/mol. The lowest BCUT2D eigenvalue weighted by Gasteiger charge is -2.15. The molecule has 25 heavy (non-hydrogen) atoms. The van der Waals surface area contributed by atoms with Gasteiger partial charge in [-0.3, -0.25) is 9.48 Å². The van der Waals surface area contributed by atoms with Crippen LogP contribution in [0.3, 0.4) is 0 Å². The van der Waals surface area contributed by atoms with E-state index in [1.807, 2.05) is 0 Å². The van der Waals surface area contributed by atoms with Gasteiger partial charge in [0.2, 0.25) is 10.0 Å². The maximum absolute atomic E-state index is 12.4. The summed E-state index contributed by atoms with van der Waals surface area (Å²) in [6.45, 7) is 2.33. The topological polar surface area (TPSA) is 97.2 Å². The Morgan fingerprint density at radius 3 is 2.76 bits per heavy atom. The molecule has 9 heteroatoms. The summed E-state index contributed by atoms with van der Waals surface area (Å²) < 4.78 is 29.0. The van der Waals surface area contributed by atoms with Crippen molar-refractivity contribution >= 4 is 15.9 Å². The Bertz CT molecular complexity index is 814. The molecule has 8 nitrogen and oxygen atoms in total. The van der Waals surface area contributed by atoms with Gasteiger partial charge < -0.3 is 4.90 Å². The van der Waals surface area contributed by atoms with Gasteiger partial charge in [0.25, 0.3) is 5.91 Å². The van der Waals surface area contributed by atoms with Crippen LogP contribution in [0.4, 0.5) is 0 Å². The van der Waals surface area contributed by atoms with E-state index in [0.717, 1.165) is 25.9 Å². The van der Waals surface area contributed by atoms with Gasteiger partial charge >= 0.3 is 0 Å². The highest BCUT2D eigenvalue weighted by Crippen LogP contribution is 2.16. The van der Waals surface area contributed by atoms with Crippen molar-refractivity contribution in [2.24, 2.45) is 0 Å². The molecule has 1 fully saturated rings. The molecule has 0 aliphatic carbocycles. The van der Waals surface area contributed by atoms with Crippen LogP contribution in [-0.4, -0.2) is 53.6 Å². The van der Waals surface area contributed by atoms with Crippen LogP contribution < -0.4 is 4.72 Å². The standard InChI is InChI=1S/C16H21N5O3S/c22-16(20-8-1-2-9-20)14-5-3-6-15(11-14)25(23,24)19-7-4-10-21-13-17-12-18-21/h3,5-6,11-13,19H,1-2,4,7-10H2. The molecule has 1 amide bonds. The highest BCUT2D eigenvalue weighted by Gasteiger charge is 2.21. The number of sulfonamides is 1. The van der Waals surface area contributed by atoms with Gasteiger partial charge in [-0.2, -0.15) is 5.10 Å². The fourth-order valence-corrected chi connectivity index (χ4v) is 3.90. The van der Waals surface area contributed by atoms with Crippen LogP contribution in [0.2, 0.25) is 0 Å². The lowest BCUT2D eigenvalue weighted by Crippen LogP contribution is -2.28. The van der Waals surface area contributed by atoms with Crippen molar-refractivity contribution in [1.82, 2.24) is 24.4 Å². The smallest absolute Gasteiger partial charge is 0.253 e. The number of nitrogens with one attached hydrogen (secondary N) is 1. The van der Waals surface area contributed by atoms with Crippen molar-refractivity contribution < 1.29 is 13.2 Å². The van der Waals surface area contributed by atoms with Gasteiger partial charge in [-0.25, -0.2) is 18.1 Å². The number of benzene rings is 1. The normalized spacial score (nSPS) is 14.8. The molecule has 0 radical (unpaired) electrons. The first-order chi connectivity index (χ1) is 12.1. The van der Waals surface area contributed by atoms with Crippen molar-refractivity contribution in [1.29, 1.82) is 0 Å². The second-order valence-corrected chi connectivity index (χ2v) is 7.70. The SMILES string of the molecule is O=C(c1cccc(S(=O)(=O)NCCCn2cncn2)c1)N1CCCC1. The lowest BCUT2D eigenvalue weighted by atomic mass is 10.2. The van der Waals surface area contributed by atoms with Crippen molar-refractivity contribution in [3.8, 4) is 0 Å². The molecule has 0 unspecified atom stereocenters. The first kappa shape index (κ1) is 17.6. The molecule has 134 valence electrons. The Hall–Kier alpha value is -2.26. The van der Waals surface area contributed by atoms with Gasteiger partial charge in [0.15, 0.2) is 0 Å². The van der Waals surface area contributed by atoms with Gasteiger partial charge in [0.05, 0.1) is 4.90 Å². The third-order valence-corrected chi connectivity index (χ3v) is 5.57. The summed E-state index contributed by atoms with van der Waals surface area (Å²) in [6.07, 6.45) is 5.61. The van der Waals surface area contributed by atoms with E-state index in [4.69, 9.17) is 0 Å². The highest BCUT2D eigenvalue weighted by atomic mass is 32.2. The second-order valence-electron chi connectivity index (χ2n) is 5.94. The molecule has 1 aliphatic heterocycles. The Kier molecular flexibility index (Phi) is 5.44. The number of aromatic nitrogens is 3. The van der Waals surface area contributed by atoms with Crippen molar-refractivity contribution in [2.75, 3.05) is 19.6 Å². The number of rotatable bonds is 7. The van der Waals surface area contributed by atoms with Crippen LogP contribution >= 0.6 is 0 Å². The van der Waals surface area contributed by atoms with E-state index in [-0.39, 0.29) is 17.3 Å². The van der Waals surface area contributed by atoms with Crippen LogP contribution in [0.25, 0.3) is 0 Å². The zero-order chi connectivity index (χ0) is 17.7. The van der Waals surface area contributed by atoms with Gasteiger partial charge in [0.1, 0.15) is 12.7 Å². The number of aryl methyl sites for hydroxylation is 1. The van der Waals surface area contributed by atoms with E-state index in [1.165, 1.54) is 18.5 Å². The molecule has 1 saturated heterocycles. The molecule has 0 saturated carbocycles. The van der Waals surface area contributed by atoms with Crippen LogP contribution in [-0.2, 0) is 16.6 Å².